The quantitative estimate of drug-likeness (QED) is 0.494. The third-order valence-electron chi connectivity index (χ3n) is 2.93. The second kappa shape index (κ2) is 6.30. The Morgan fingerprint density at radius 2 is 1.93 bits per heavy atom. The van der Waals surface area contributed by atoms with Gasteiger partial charge in [0.15, 0.2) is 0 Å². The van der Waals surface area contributed by atoms with Crippen LogP contribution in [0.1, 0.15) is 50.2 Å². The molecule has 0 aromatic heterocycles. The molecule has 0 aliphatic carbocycles. The van der Waals surface area contributed by atoms with Gasteiger partial charge in [0.05, 0.1) is 0 Å². The molecule has 0 fully saturated rings. The lowest BCUT2D eigenvalue weighted by Crippen LogP contribution is -1.92. The Bertz CT molecular complexity index is 313. The van der Waals surface area contributed by atoms with Crippen molar-refractivity contribution < 1.29 is 0 Å². The summed E-state index contributed by atoms with van der Waals surface area (Å²) in [5, 5.41) is 0. The molecular formula is C15H19. The molecular weight excluding hydrogens is 180 g/mol. The van der Waals surface area contributed by atoms with Gasteiger partial charge in [0.1, 0.15) is 0 Å². The lowest BCUT2D eigenvalue weighted by Gasteiger charge is -2.09. The van der Waals surface area contributed by atoms with E-state index in [-0.39, 0.29) is 0 Å². The Kier molecular flexibility index (Phi) is 4.98. The van der Waals surface area contributed by atoms with Crippen LogP contribution in [0.2, 0.25) is 0 Å². The predicted octanol–water partition coefficient (Wildman–Crippen LogP) is 4.11. The Balaban J connectivity index is 2.53. The Morgan fingerprint density at radius 3 is 2.47 bits per heavy atom. The largest absolute Gasteiger partial charge is 0.0891 e. The highest BCUT2D eigenvalue weighted by atomic mass is 14.1. The van der Waals surface area contributed by atoms with E-state index >= 15 is 0 Å². The average molecular weight is 199 g/mol. The Hall–Kier alpha value is -1.22. The van der Waals surface area contributed by atoms with Crippen molar-refractivity contribution in [2.75, 3.05) is 0 Å². The molecule has 0 heteroatoms. The molecule has 0 amide bonds. The molecule has 0 N–H and O–H groups in total. The number of aryl methyl sites for hydroxylation is 1. The SMILES string of the molecule is [C]#CCCCc1ccc(C(C)CC)cc1. The smallest absolute Gasteiger partial charge is 0.0102 e. The van der Waals surface area contributed by atoms with E-state index in [1.165, 1.54) is 17.5 Å². The summed E-state index contributed by atoms with van der Waals surface area (Å²) in [5.74, 6) is 3.09. The fourth-order valence-corrected chi connectivity index (χ4v) is 1.63. The Morgan fingerprint density at radius 1 is 1.27 bits per heavy atom. The predicted molar refractivity (Wildman–Crippen MR) is 65.2 cm³/mol. The summed E-state index contributed by atoms with van der Waals surface area (Å²) in [5.41, 5.74) is 2.80. The van der Waals surface area contributed by atoms with Crippen LogP contribution in [0.3, 0.4) is 0 Å². The minimum absolute atomic E-state index is 0.661. The first-order valence-electron chi connectivity index (χ1n) is 5.76. The molecule has 1 radical (unpaired) electrons. The van der Waals surface area contributed by atoms with Crippen LogP contribution in [0, 0.1) is 12.3 Å². The lowest BCUT2D eigenvalue weighted by molar-refractivity contribution is 0.732. The van der Waals surface area contributed by atoms with Crippen LogP contribution < -0.4 is 0 Å². The molecule has 0 saturated heterocycles. The van der Waals surface area contributed by atoms with Gasteiger partial charge in [-0.2, -0.15) is 0 Å². The summed E-state index contributed by atoms with van der Waals surface area (Å²) in [6.45, 7) is 4.48. The van der Waals surface area contributed by atoms with Crippen molar-refractivity contribution in [2.45, 2.75) is 45.4 Å². The third-order valence-corrected chi connectivity index (χ3v) is 2.93. The topological polar surface area (TPSA) is 0 Å². The van der Waals surface area contributed by atoms with Gasteiger partial charge in [-0.25, -0.2) is 0 Å². The summed E-state index contributed by atoms with van der Waals surface area (Å²) in [6.07, 6.45) is 10.9. The van der Waals surface area contributed by atoms with Gasteiger partial charge in [-0.15, -0.1) is 0 Å². The lowest BCUT2D eigenvalue weighted by atomic mass is 9.96. The van der Waals surface area contributed by atoms with Crippen molar-refractivity contribution in [1.29, 1.82) is 0 Å². The van der Waals surface area contributed by atoms with Crippen molar-refractivity contribution in [1.82, 2.24) is 0 Å². The number of benzene rings is 1. The summed E-state index contributed by atoms with van der Waals surface area (Å²) in [7, 11) is 0. The number of hydrogen-bond donors (Lipinski definition) is 0. The van der Waals surface area contributed by atoms with Crippen LogP contribution in [0.4, 0.5) is 0 Å². The molecule has 0 heterocycles. The van der Waals surface area contributed by atoms with Crippen molar-refractivity contribution >= 4 is 0 Å². The van der Waals surface area contributed by atoms with E-state index in [0.29, 0.717) is 5.92 Å². The van der Waals surface area contributed by atoms with Gasteiger partial charge >= 0.3 is 0 Å². The van der Waals surface area contributed by atoms with E-state index in [1.807, 2.05) is 0 Å². The zero-order valence-corrected chi connectivity index (χ0v) is 9.72. The van der Waals surface area contributed by atoms with E-state index in [0.717, 1.165) is 19.3 Å². The number of unbranched alkanes of at least 4 members (excludes halogenated alkanes) is 1. The molecule has 0 aliphatic heterocycles. The first-order chi connectivity index (χ1) is 7.27. The molecule has 15 heavy (non-hydrogen) atoms. The van der Waals surface area contributed by atoms with Crippen LogP contribution in [0.5, 0.6) is 0 Å². The van der Waals surface area contributed by atoms with E-state index in [4.69, 9.17) is 6.42 Å². The first-order valence-corrected chi connectivity index (χ1v) is 5.76. The van der Waals surface area contributed by atoms with Gasteiger partial charge in [-0.1, -0.05) is 44.0 Å². The monoisotopic (exact) mass is 199 g/mol. The van der Waals surface area contributed by atoms with Crippen LogP contribution in [-0.4, -0.2) is 0 Å². The van der Waals surface area contributed by atoms with Crippen LogP contribution in [0.15, 0.2) is 24.3 Å². The van der Waals surface area contributed by atoms with Crippen molar-refractivity contribution in [3.8, 4) is 5.92 Å². The van der Waals surface area contributed by atoms with Crippen molar-refractivity contribution in [2.24, 2.45) is 0 Å². The summed E-state index contributed by atoms with van der Waals surface area (Å²) in [4.78, 5) is 0. The molecule has 0 bridgehead atoms. The maximum Gasteiger partial charge on any atom is 0.0102 e. The summed E-state index contributed by atoms with van der Waals surface area (Å²) < 4.78 is 0. The highest BCUT2D eigenvalue weighted by Gasteiger charge is 2.01. The third kappa shape index (κ3) is 3.80. The number of hydrogen-bond acceptors (Lipinski definition) is 0. The van der Waals surface area contributed by atoms with Crippen LogP contribution >= 0.6 is 0 Å². The highest BCUT2D eigenvalue weighted by molar-refractivity contribution is 5.25. The second-order valence-corrected chi connectivity index (χ2v) is 4.08. The molecule has 1 aromatic rings. The molecule has 1 atom stereocenters. The average Bonchev–Trinajstić information content (AvgIpc) is 2.29. The maximum absolute atomic E-state index is 6.83. The normalized spacial score (nSPS) is 12.1. The van der Waals surface area contributed by atoms with E-state index < -0.39 is 0 Å². The van der Waals surface area contributed by atoms with Gasteiger partial charge < -0.3 is 0 Å². The maximum atomic E-state index is 6.83. The molecule has 1 aromatic carbocycles. The van der Waals surface area contributed by atoms with Gasteiger partial charge in [-0.3, -0.25) is 0 Å². The van der Waals surface area contributed by atoms with Gasteiger partial charge in [-0.05, 0) is 42.7 Å². The fourth-order valence-electron chi connectivity index (χ4n) is 1.63. The van der Waals surface area contributed by atoms with Gasteiger partial charge in [0.25, 0.3) is 0 Å². The second-order valence-electron chi connectivity index (χ2n) is 4.08. The molecule has 0 nitrogen and oxygen atoms in total. The van der Waals surface area contributed by atoms with Gasteiger partial charge in [0.2, 0.25) is 0 Å². The Labute approximate surface area is 93.7 Å². The van der Waals surface area contributed by atoms with Crippen molar-refractivity contribution in [3.05, 3.63) is 41.8 Å². The van der Waals surface area contributed by atoms with E-state index in [1.54, 1.807) is 0 Å². The summed E-state index contributed by atoms with van der Waals surface area (Å²) >= 11 is 0. The molecule has 79 valence electrons. The molecule has 0 saturated carbocycles. The van der Waals surface area contributed by atoms with E-state index in [9.17, 15) is 0 Å². The van der Waals surface area contributed by atoms with Crippen LogP contribution in [0.25, 0.3) is 0 Å². The standard InChI is InChI=1S/C15H19/c1-4-6-7-8-14-9-11-15(12-10-14)13(3)5-2/h9-13H,5-8H2,2-3H3. The van der Waals surface area contributed by atoms with E-state index in [2.05, 4.69) is 44.0 Å². The zero-order chi connectivity index (χ0) is 11.1. The fraction of sp³-hybridized carbons (Fsp3) is 0.467. The summed E-state index contributed by atoms with van der Waals surface area (Å²) in [6, 6.07) is 8.89. The zero-order valence-electron chi connectivity index (χ0n) is 9.72. The molecule has 0 spiro atoms. The minimum Gasteiger partial charge on any atom is -0.0891 e. The van der Waals surface area contributed by atoms with Crippen molar-refractivity contribution in [3.63, 3.8) is 0 Å². The van der Waals surface area contributed by atoms with Gasteiger partial charge in [0, 0.05) is 6.42 Å². The minimum atomic E-state index is 0.661. The number of rotatable bonds is 5. The molecule has 1 unspecified atom stereocenters. The highest BCUT2D eigenvalue weighted by Crippen LogP contribution is 2.19. The molecule has 0 aliphatic rings. The molecule has 1 rings (SSSR count). The first kappa shape index (κ1) is 11.9. The van der Waals surface area contributed by atoms with Crippen LogP contribution in [-0.2, 0) is 6.42 Å².